The van der Waals surface area contributed by atoms with Crippen LogP contribution < -0.4 is 9.47 Å². The Balaban J connectivity index is 1.40. The number of hydrogen-bond acceptors (Lipinski definition) is 4. The molecular weight excluding hydrogens is 556 g/mol. The van der Waals surface area contributed by atoms with Crippen LogP contribution in [0.4, 0.5) is 0 Å². The summed E-state index contributed by atoms with van der Waals surface area (Å²) in [4.78, 5) is 17.4. The fourth-order valence-electron chi connectivity index (χ4n) is 6.26. The van der Waals surface area contributed by atoms with Gasteiger partial charge in [0.05, 0.1) is 37.0 Å². The van der Waals surface area contributed by atoms with Crippen LogP contribution in [0.5, 0.6) is 11.5 Å². The molecule has 45 heavy (non-hydrogen) atoms. The minimum Gasteiger partial charge on any atom is -0.497 e. The molecule has 2 aliphatic rings. The summed E-state index contributed by atoms with van der Waals surface area (Å²) in [6.45, 7) is 2.28. The van der Waals surface area contributed by atoms with Crippen molar-refractivity contribution in [3.8, 4) is 22.6 Å². The Morgan fingerprint density at radius 3 is 1.60 bits per heavy atom. The molecule has 2 aliphatic heterocycles. The summed E-state index contributed by atoms with van der Waals surface area (Å²) in [7, 11) is 3.35. The number of fused-ring (bicyclic) bond motifs is 8. The van der Waals surface area contributed by atoms with E-state index in [1.54, 1.807) is 14.2 Å². The molecule has 3 aromatic heterocycles. The number of nitrogens with one attached hydrogen (secondary N) is 2. The topological polar surface area (TPSA) is 75.8 Å². The van der Waals surface area contributed by atoms with E-state index in [0.29, 0.717) is 0 Å². The summed E-state index contributed by atoms with van der Waals surface area (Å²) in [5.41, 5.74) is 11.1. The molecule has 0 radical (unpaired) electrons. The maximum absolute atomic E-state index is 5.61. The Morgan fingerprint density at radius 1 is 0.578 bits per heavy atom. The molecule has 0 fully saturated rings. The van der Waals surface area contributed by atoms with Gasteiger partial charge >= 0.3 is 0 Å². The molecule has 1 aromatic carbocycles. The number of aromatic nitrogens is 4. The van der Waals surface area contributed by atoms with E-state index in [-0.39, 0.29) is 0 Å². The van der Waals surface area contributed by atoms with Crippen molar-refractivity contribution >= 4 is 46.4 Å². The van der Waals surface area contributed by atoms with Crippen LogP contribution in [0.25, 0.3) is 57.5 Å². The van der Waals surface area contributed by atoms with E-state index in [4.69, 9.17) is 19.4 Å². The molecule has 6 heteroatoms. The molecular formula is C39H44N4O2. The van der Waals surface area contributed by atoms with Crippen molar-refractivity contribution in [2.24, 2.45) is 0 Å². The first-order valence-electron chi connectivity index (χ1n) is 16.5. The summed E-state index contributed by atoms with van der Waals surface area (Å²) < 4.78 is 11.2. The molecule has 0 saturated heterocycles. The maximum Gasteiger partial charge on any atom is 0.123 e. The van der Waals surface area contributed by atoms with Crippen molar-refractivity contribution in [3.05, 3.63) is 82.9 Å². The second-order valence-corrected chi connectivity index (χ2v) is 12.0. The Morgan fingerprint density at radius 2 is 1.09 bits per heavy atom. The lowest BCUT2D eigenvalue weighted by Crippen LogP contribution is -1.95. The lowest BCUT2D eigenvalue weighted by Gasteiger charge is -2.09. The number of rotatable bonds is 13. The van der Waals surface area contributed by atoms with Crippen LogP contribution in [0.3, 0.4) is 0 Å². The van der Waals surface area contributed by atoms with Gasteiger partial charge in [-0.1, -0.05) is 58.3 Å². The van der Waals surface area contributed by atoms with E-state index in [2.05, 4.69) is 77.6 Å². The number of nitrogens with zero attached hydrogens (tertiary/aromatic N) is 2. The van der Waals surface area contributed by atoms with E-state index in [1.165, 1.54) is 56.9 Å². The minimum atomic E-state index is 0.733. The summed E-state index contributed by atoms with van der Waals surface area (Å²) in [6, 6.07) is 18.6. The van der Waals surface area contributed by atoms with Gasteiger partial charge in [0.2, 0.25) is 0 Å². The van der Waals surface area contributed by atoms with E-state index in [0.717, 1.165) is 80.3 Å². The Bertz CT molecular complexity index is 1740. The van der Waals surface area contributed by atoms with Gasteiger partial charge in [0, 0.05) is 39.3 Å². The fraction of sp³-hybridized carbons (Fsp3) is 0.333. The number of methoxy groups -OCH3 is 2. The average Bonchev–Trinajstić information content (AvgIpc) is 3.88. The number of ether oxygens (including phenoxy) is 2. The van der Waals surface area contributed by atoms with Crippen LogP contribution in [0.15, 0.2) is 54.6 Å². The van der Waals surface area contributed by atoms with Crippen molar-refractivity contribution < 1.29 is 9.47 Å². The molecule has 0 unspecified atom stereocenters. The minimum absolute atomic E-state index is 0.733. The first-order chi connectivity index (χ1) is 22.1. The molecule has 2 N–H and O–H groups in total. The standard InChI is InChI=1S/C39H44N4O2/c1-4-5-6-7-8-9-10-11-12-13-34-35-18-14-28(40-35)24-30-16-20-37(42-30)39(27-22-32(44-2)26-33(23-27)45-3)38-21-17-31(43-38)25-29-15-19-36(34)41-29/h14-26,42-43H,4-13H2,1-3H3. The van der Waals surface area contributed by atoms with Gasteiger partial charge in [0.15, 0.2) is 0 Å². The van der Waals surface area contributed by atoms with Crippen LogP contribution in [-0.2, 0) is 6.42 Å². The molecule has 0 amide bonds. The van der Waals surface area contributed by atoms with Crippen LogP contribution in [-0.4, -0.2) is 34.2 Å². The van der Waals surface area contributed by atoms with Crippen LogP contribution in [0.2, 0.25) is 0 Å². The molecule has 8 bridgehead atoms. The van der Waals surface area contributed by atoms with Crippen molar-refractivity contribution in [1.29, 1.82) is 0 Å². The lowest BCUT2D eigenvalue weighted by atomic mass is 10.0. The number of hydrogen-bond donors (Lipinski definition) is 2. The van der Waals surface area contributed by atoms with E-state index in [9.17, 15) is 0 Å². The van der Waals surface area contributed by atoms with Crippen molar-refractivity contribution in [2.45, 2.75) is 71.1 Å². The van der Waals surface area contributed by atoms with Gasteiger partial charge in [-0.2, -0.15) is 0 Å². The van der Waals surface area contributed by atoms with Gasteiger partial charge in [0.1, 0.15) is 11.5 Å². The predicted octanol–water partition coefficient (Wildman–Crippen LogP) is 10.4. The van der Waals surface area contributed by atoms with Crippen LogP contribution >= 0.6 is 0 Å². The van der Waals surface area contributed by atoms with Crippen LogP contribution in [0, 0.1) is 0 Å². The number of aromatic amines is 2. The number of H-pyrrole nitrogens is 2. The van der Waals surface area contributed by atoms with E-state index in [1.807, 2.05) is 18.2 Å². The zero-order chi connectivity index (χ0) is 31.0. The number of unbranched alkanes of at least 4 members (excludes halogenated alkanes) is 8. The van der Waals surface area contributed by atoms with Gasteiger partial charge in [-0.25, -0.2) is 9.97 Å². The first kappa shape index (κ1) is 30.4. The molecule has 0 aliphatic carbocycles. The molecule has 6 rings (SSSR count). The first-order valence-corrected chi connectivity index (χ1v) is 16.5. The third kappa shape index (κ3) is 7.39. The van der Waals surface area contributed by atoms with Gasteiger partial charge in [0.25, 0.3) is 0 Å². The monoisotopic (exact) mass is 600 g/mol. The Kier molecular flexibility index (Phi) is 9.79. The molecule has 0 atom stereocenters. The highest BCUT2D eigenvalue weighted by atomic mass is 16.5. The summed E-state index contributed by atoms with van der Waals surface area (Å²) in [5.74, 6) is 1.47. The van der Waals surface area contributed by atoms with Crippen molar-refractivity contribution in [3.63, 3.8) is 0 Å². The van der Waals surface area contributed by atoms with E-state index < -0.39 is 0 Å². The molecule has 232 valence electrons. The highest BCUT2D eigenvalue weighted by Gasteiger charge is 2.13. The number of benzene rings is 1. The third-order valence-electron chi connectivity index (χ3n) is 8.67. The fourth-order valence-corrected chi connectivity index (χ4v) is 6.26. The zero-order valence-corrected chi connectivity index (χ0v) is 26.8. The zero-order valence-electron chi connectivity index (χ0n) is 26.8. The van der Waals surface area contributed by atoms with Gasteiger partial charge in [-0.05, 0) is 91.2 Å². The highest BCUT2D eigenvalue weighted by Crippen LogP contribution is 2.34. The van der Waals surface area contributed by atoms with Crippen molar-refractivity contribution in [1.82, 2.24) is 19.9 Å². The third-order valence-corrected chi connectivity index (χ3v) is 8.67. The smallest absolute Gasteiger partial charge is 0.123 e. The van der Waals surface area contributed by atoms with Gasteiger partial charge in [-0.15, -0.1) is 0 Å². The lowest BCUT2D eigenvalue weighted by molar-refractivity contribution is 0.394. The maximum atomic E-state index is 5.61. The van der Waals surface area contributed by atoms with Gasteiger partial charge < -0.3 is 19.4 Å². The SMILES string of the molecule is CCCCCCCCCCCc1c2nc(cc3ccc([nH]3)c(-c3cc(OC)cc(OC)c3)c3ccc(cc4nc1C=C4)[nH]3)C=C2. The molecule has 0 spiro atoms. The molecule has 4 aromatic rings. The van der Waals surface area contributed by atoms with E-state index >= 15 is 0 Å². The molecule has 6 nitrogen and oxygen atoms in total. The summed E-state index contributed by atoms with van der Waals surface area (Å²) in [6.07, 6.45) is 21.3. The quantitative estimate of drug-likeness (QED) is 0.129. The Labute approximate surface area is 266 Å². The van der Waals surface area contributed by atoms with Crippen molar-refractivity contribution in [2.75, 3.05) is 14.2 Å². The normalized spacial score (nSPS) is 12.2. The highest BCUT2D eigenvalue weighted by molar-refractivity contribution is 5.94. The second-order valence-electron chi connectivity index (χ2n) is 12.0. The van der Waals surface area contributed by atoms with Crippen LogP contribution in [0.1, 0.15) is 93.1 Å². The molecule has 0 saturated carbocycles. The molecule has 5 heterocycles. The summed E-state index contributed by atoms with van der Waals surface area (Å²) >= 11 is 0. The second kappa shape index (κ2) is 14.5. The Hall–Kier alpha value is -4.58. The largest absolute Gasteiger partial charge is 0.497 e. The average molecular weight is 601 g/mol. The van der Waals surface area contributed by atoms with Gasteiger partial charge in [-0.3, -0.25) is 0 Å². The summed E-state index contributed by atoms with van der Waals surface area (Å²) in [5, 5.41) is 0. The predicted molar refractivity (Wildman–Crippen MR) is 188 cm³/mol.